The van der Waals surface area contributed by atoms with Crippen LogP contribution in [0, 0.1) is 11.3 Å². The van der Waals surface area contributed by atoms with Crippen LogP contribution in [-0.4, -0.2) is 68.1 Å². The maximum absolute atomic E-state index is 5.99. The van der Waals surface area contributed by atoms with Gasteiger partial charge in [-0.05, 0) is 76.1 Å². The molecule has 3 fully saturated rings. The smallest absolute Gasteiger partial charge is 0.172 e. The lowest BCUT2D eigenvalue weighted by Gasteiger charge is -2.45. The van der Waals surface area contributed by atoms with E-state index in [-0.39, 0.29) is 17.6 Å². The summed E-state index contributed by atoms with van der Waals surface area (Å²) in [6, 6.07) is 8.18. The zero-order valence-corrected chi connectivity index (χ0v) is 19.5. The SMILES string of the molecule is CC1CN(c2nc3ccccc3nc2NCC2(C3CCNCC3)CCOCC2)CC(C)O1. The topological polar surface area (TPSA) is 71.5 Å². The van der Waals surface area contributed by atoms with Crippen LogP contribution in [-0.2, 0) is 9.47 Å². The number of fused-ring (bicyclic) bond motifs is 1. The standard InChI is InChI=1S/C25H37N5O2/c1-18-15-30(16-19(2)32-18)24-23(28-21-5-3-4-6-22(21)29-24)27-17-25(9-13-31-14-10-25)20-7-11-26-12-8-20/h3-6,18-20,26H,7-17H2,1-2H3,(H,27,28). The second-order valence-electron chi connectivity index (χ2n) is 9.90. The van der Waals surface area contributed by atoms with E-state index in [4.69, 9.17) is 19.4 Å². The van der Waals surface area contributed by atoms with Crippen molar-refractivity contribution >= 4 is 22.7 Å². The first kappa shape index (κ1) is 21.9. The largest absolute Gasteiger partial charge is 0.381 e. The average molecular weight is 440 g/mol. The maximum atomic E-state index is 5.99. The summed E-state index contributed by atoms with van der Waals surface area (Å²) in [6.07, 6.45) is 5.08. The fourth-order valence-corrected chi connectivity index (χ4v) is 5.88. The number of aromatic nitrogens is 2. The van der Waals surface area contributed by atoms with E-state index in [0.717, 1.165) is 87.4 Å². The molecule has 1 aromatic carbocycles. The number of ether oxygens (including phenoxy) is 2. The zero-order valence-electron chi connectivity index (χ0n) is 19.5. The van der Waals surface area contributed by atoms with Gasteiger partial charge in [0.25, 0.3) is 0 Å². The first-order chi connectivity index (χ1) is 15.6. The van der Waals surface area contributed by atoms with E-state index in [1.807, 2.05) is 12.1 Å². The molecule has 0 saturated carbocycles. The molecule has 0 spiro atoms. The number of nitrogens with one attached hydrogen (secondary N) is 2. The van der Waals surface area contributed by atoms with E-state index >= 15 is 0 Å². The Kier molecular flexibility index (Phi) is 6.49. The Morgan fingerprint density at radius 3 is 2.38 bits per heavy atom. The van der Waals surface area contributed by atoms with Crippen molar-refractivity contribution in [2.45, 2.75) is 51.7 Å². The van der Waals surface area contributed by atoms with Crippen LogP contribution in [0.25, 0.3) is 11.0 Å². The number of rotatable bonds is 5. The number of anilines is 2. The van der Waals surface area contributed by atoms with Crippen molar-refractivity contribution in [1.29, 1.82) is 0 Å². The highest BCUT2D eigenvalue weighted by molar-refractivity contribution is 5.80. The molecular formula is C25H37N5O2. The molecule has 2 aromatic rings. The highest BCUT2D eigenvalue weighted by atomic mass is 16.5. The highest BCUT2D eigenvalue weighted by Crippen LogP contribution is 2.43. The molecule has 5 rings (SSSR count). The van der Waals surface area contributed by atoms with Crippen LogP contribution in [0.15, 0.2) is 24.3 Å². The van der Waals surface area contributed by atoms with Crippen LogP contribution in [0.1, 0.15) is 39.5 Å². The van der Waals surface area contributed by atoms with Gasteiger partial charge in [-0.25, -0.2) is 9.97 Å². The van der Waals surface area contributed by atoms with Gasteiger partial charge in [0.2, 0.25) is 0 Å². The molecule has 2 unspecified atom stereocenters. The van der Waals surface area contributed by atoms with Crippen LogP contribution in [0.4, 0.5) is 11.6 Å². The summed E-state index contributed by atoms with van der Waals surface area (Å²) >= 11 is 0. The van der Waals surface area contributed by atoms with Gasteiger partial charge in [0.15, 0.2) is 11.6 Å². The van der Waals surface area contributed by atoms with E-state index in [0.29, 0.717) is 0 Å². The lowest BCUT2D eigenvalue weighted by Crippen LogP contribution is -2.47. The Labute approximate surface area is 191 Å². The first-order valence-corrected chi connectivity index (χ1v) is 12.3. The summed E-state index contributed by atoms with van der Waals surface area (Å²) in [6.45, 7) is 10.8. The zero-order chi connectivity index (χ0) is 22.0. The quantitative estimate of drug-likeness (QED) is 0.739. The molecule has 2 N–H and O–H groups in total. The molecule has 32 heavy (non-hydrogen) atoms. The van der Waals surface area contributed by atoms with Gasteiger partial charge in [-0.2, -0.15) is 0 Å². The molecule has 3 aliphatic rings. The lowest BCUT2D eigenvalue weighted by atomic mass is 9.66. The van der Waals surface area contributed by atoms with E-state index in [1.165, 1.54) is 12.8 Å². The maximum Gasteiger partial charge on any atom is 0.172 e. The lowest BCUT2D eigenvalue weighted by molar-refractivity contribution is -0.0190. The molecule has 3 aliphatic heterocycles. The van der Waals surface area contributed by atoms with Gasteiger partial charge in [0.05, 0.1) is 23.2 Å². The molecule has 7 nitrogen and oxygen atoms in total. The fraction of sp³-hybridized carbons (Fsp3) is 0.680. The van der Waals surface area contributed by atoms with Crippen molar-refractivity contribution in [3.8, 4) is 0 Å². The van der Waals surface area contributed by atoms with Gasteiger partial charge in [-0.1, -0.05) is 12.1 Å². The minimum Gasteiger partial charge on any atom is -0.381 e. The number of benzene rings is 1. The monoisotopic (exact) mass is 439 g/mol. The third kappa shape index (κ3) is 4.56. The molecule has 1 aromatic heterocycles. The van der Waals surface area contributed by atoms with Gasteiger partial charge < -0.3 is 25.0 Å². The van der Waals surface area contributed by atoms with Gasteiger partial charge in [-0.15, -0.1) is 0 Å². The van der Waals surface area contributed by atoms with Crippen LogP contribution >= 0.6 is 0 Å². The molecular weight excluding hydrogens is 402 g/mol. The summed E-state index contributed by atoms with van der Waals surface area (Å²) < 4.78 is 11.8. The number of morpholine rings is 1. The van der Waals surface area contributed by atoms with E-state index < -0.39 is 0 Å². The second-order valence-corrected chi connectivity index (χ2v) is 9.90. The van der Waals surface area contributed by atoms with Crippen LogP contribution in [0.5, 0.6) is 0 Å². The van der Waals surface area contributed by atoms with Crippen LogP contribution < -0.4 is 15.5 Å². The molecule has 7 heteroatoms. The predicted octanol–water partition coefficient (Wildman–Crippen LogP) is 3.45. The van der Waals surface area contributed by atoms with Crippen molar-refractivity contribution in [2.75, 3.05) is 56.2 Å². The predicted molar refractivity (Wildman–Crippen MR) is 128 cm³/mol. The van der Waals surface area contributed by atoms with Crippen molar-refractivity contribution in [2.24, 2.45) is 11.3 Å². The third-order valence-corrected chi connectivity index (χ3v) is 7.57. The minimum atomic E-state index is 0.177. The molecule has 0 radical (unpaired) electrons. The average Bonchev–Trinajstić information content (AvgIpc) is 2.83. The number of hydrogen-bond donors (Lipinski definition) is 2. The normalized spacial score (nSPS) is 26.9. The van der Waals surface area contributed by atoms with Gasteiger partial charge in [0, 0.05) is 32.8 Å². The molecule has 0 amide bonds. The highest BCUT2D eigenvalue weighted by Gasteiger charge is 2.41. The van der Waals surface area contributed by atoms with Gasteiger partial charge in [0.1, 0.15) is 0 Å². The molecule has 4 heterocycles. The Morgan fingerprint density at radius 1 is 1.03 bits per heavy atom. The third-order valence-electron chi connectivity index (χ3n) is 7.57. The summed E-state index contributed by atoms with van der Waals surface area (Å²) in [5.41, 5.74) is 2.14. The Balaban J connectivity index is 1.45. The van der Waals surface area contributed by atoms with Crippen molar-refractivity contribution < 1.29 is 9.47 Å². The summed E-state index contributed by atoms with van der Waals surface area (Å²) in [5.74, 6) is 2.59. The van der Waals surface area contributed by atoms with E-state index in [2.05, 4.69) is 41.5 Å². The summed E-state index contributed by atoms with van der Waals surface area (Å²) in [5, 5.41) is 7.34. The molecule has 2 atom stereocenters. The molecule has 174 valence electrons. The van der Waals surface area contributed by atoms with Gasteiger partial charge in [-0.3, -0.25) is 0 Å². The fourth-order valence-electron chi connectivity index (χ4n) is 5.88. The first-order valence-electron chi connectivity index (χ1n) is 12.3. The second kappa shape index (κ2) is 9.49. The summed E-state index contributed by atoms with van der Waals surface area (Å²) in [7, 11) is 0. The van der Waals surface area contributed by atoms with Crippen LogP contribution in [0.2, 0.25) is 0 Å². The Morgan fingerprint density at radius 2 is 1.69 bits per heavy atom. The van der Waals surface area contributed by atoms with Gasteiger partial charge >= 0.3 is 0 Å². The Hall–Kier alpha value is -1.96. The minimum absolute atomic E-state index is 0.177. The number of nitrogens with zero attached hydrogens (tertiary/aromatic N) is 3. The summed E-state index contributed by atoms with van der Waals surface area (Å²) in [4.78, 5) is 12.5. The van der Waals surface area contributed by atoms with Crippen LogP contribution in [0.3, 0.4) is 0 Å². The van der Waals surface area contributed by atoms with Crippen molar-refractivity contribution in [1.82, 2.24) is 15.3 Å². The van der Waals surface area contributed by atoms with E-state index in [1.54, 1.807) is 0 Å². The Bertz CT molecular complexity index is 900. The molecule has 0 bridgehead atoms. The van der Waals surface area contributed by atoms with E-state index in [9.17, 15) is 0 Å². The van der Waals surface area contributed by atoms with Crippen molar-refractivity contribution in [3.05, 3.63) is 24.3 Å². The number of piperidine rings is 1. The van der Waals surface area contributed by atoms with Crippen molar-refractivity contribution in [3.63, 3.8) is 0 Å². The number of para-hydroxylation sites is 2. The molecule has 3 saturated heterocycles. The number of hydrogen-bond acceptors (Lipinski definition) is 7. The molecule has 0 aliphatic carbocycles.